The lowest BCUT2D eigenvalue weighted by molar-refractivity contribution is 0.362. The van der Waals surface area contributed by atoms with Crippen LogP contribution in [-0.4, -0.2) is 20.8 Å². The van der Waals surface area contributed by atoms with Crippen molar-refractivity contribution in [3.05, 3.63) is 23.3 Å². The summed E-state index contributed by atoms with van der Waals surface area (Å²) in [5, 5.41) is 3.59. The Labute approximate surface area is 116 Å². The zero-order valence-electron chi connectivity index (χ0n) is 12.5. The minimum Gasteiger partial charge on any atom is -0.496 e. The Morgan fingerprint density at radius 3 is 2.47 bits per heavy atom. The minimum atomic E-state index is 0.00334. The Balaban J connectivity index is 2.47. The van der Waals surface area contributed by atoms with E-state index in [-0.39, 0.29) is 5.54 Å². The van der Waals surface area contributed by atoms with Crippen molar-refractivity contribution in [2.24, 2.45) is 0 Å². The van der Waals surface area contributed by atoms with E-state index in [1.165, 1.54) is 17.5 Å². The highest BCUT2D eigenvalue weighted by Gasteiger charge is 2.33. The number of rotatable bonds is 5. The number of nitrogens with one attached hydrogen (secondary N) is 1. The molecule has 1 saturated heterocycles. The van der Waals surface area contributed by atoms with Gasteiger partial charge in [-0.25, -0.2) is 0 Å². The Morgan fingerprint density at radius 1 is 1.21 bits per heavy atom. The zero-order chi connectivity index (χ0) is 13.9. The number of aryl methyl sites for hydroxylation is 1. The van der Waals surface area contributed by atoms with Gasteiger partial charge in [0.25, 0.3) is 0 Å². The summed E-state index contributed by atoms with van der Waals surface area (Å²) in [7, 11) is 3.49. The maximum atomic E-state index is 5.61. The zero-order valence-corrected chi connectivity index (χ0v) is 12.5. The Morgan fingerprint density at radius 2 is 1.95 bits per heavy atom. The van der Waals surface area contributed by atoms with Crippen LogP contribution in [0.25, 0.3) is 0 Å². The van der Waals surface area contributed by atoms with Crippen LogP contribution in [-0.2, 0) is 12.0 Å². The molecule has 0 saturated carbocycles. The molecule has 1 atom stereocenters. The van der Waals surface area contributed by atoms with Gasteiger partial charge in [-0.05, 0) is 50.4 Å². The average molecular weight is 263 g/mol. The Kier molecular flexibility index (Phi) is 4.35. The lowest BCUT2D eigenvalue weighted by Gasteiger charge is -2.28. The van der Waals surface area contributed by atoms with E-state index in [4.69, 9.17) is 9.47 Å². The molecule has 1 aromatic rings. The van der Waals surface area contributed by atoms with Gasteiger partial charge in [0.15, 0.2) is 0 Å². The van der Waals surface area contributed by atoms with Crippen molar-refractivity contribution >= 4 is 0 Å². The molecule has 1 aromatic carbocycles. The van der Waals surface area contributed by atoms with E-state index >= 15 is 0 Å². The maximum Gasteiger partial charge on any atom is 0.124 e. The molecule has 3 heteroatoms. The monoisotopic (exact) mass is 263 g/mol. The number of hydrogen-bond acceptors (Lipinski definition) is 3. The molecule has 106 valence electrons. The highest BCUT2D eigenvalue weighted by Crippen LogP contribution is 2.40. The first-order valence-electron chi connectivity index (χ1n) is 7.15. The maximum absolute atomic E-state index is 5.61. The largest absolute Gasteiger partial charge is 0.496 e. The summed E-state index contributed by atoms with van der Waals surface area (Å²) in [6.45, 7) is 5.50. The second-order valence-corrected chi connectivity index (χ2v) is 5.48. The van der Waals surface area contributed by atoms with Gasteiger partial charge in [-0.3, -0.25) is 0 Å². The molecule has 0 radical (unpaired) electrons. The fourth-order valence-electron chi connectivity index (χ4n) is 2.98. The molecule has 0 aliphatic carbocycles. The van der Waals surface area contributed by atoms with Crippen LogP contribution in [0.4, 0.5) is 0 Å². The van der Waals surface area contributed by atoms with E-state index < -0.39 is 0 Å². The van der Waals surface area contributed by atoms with E-state index in [0.29, 0.717) is 0 Å². The molecule has 0 spiro atoms. The topological polar surface area (TPSA) is 30.5 Å². The van der Waals surface area contributed by atoms with Crippen LogP contribution >= 0.6 is 0 Å². The molecule has 0 bridgehead atoms. The molecule has 3 nitrogen and oxygen atoms in total. The van der Waals surface area contributed by atoms with Gasteiger partial charge >= 0.3 is 0 Å². The van der Waals surface area contributed by atoms with Crippen LogP contribution in [0.3, 0.4) is 0 Å². The van der Waals surface area contributed by atoms with Crippen LogP contribution in [0.5, 0.6) is 11.5 Å². The normalized spacial score (nSPS) is 22.5. The summed E-state index contributed by atoms with van der Waals surface area (Å²) in [5.41, 5.74) is 2.44. The van der Waals surface area contributed by atoms with Crippen LogP contribution in [0.2, 0.25) is 0 Å². The smallest absolute Gasteiger partial charge is 0.124 e. The molecule has 1 unspecified atom stereocenters. The van der Waals surface area contributed by atoms with E-state index in [2.05, 4.69) is 31.3 Å². The Bertz CT molecular complexity index is 437. The summed E-state index contributed by atoms with van der Waals surface area (Å²) < 4.78 is 11.2. The van der Waals surface area contributed by atoms with Gasteiger partial charge in [-0.1, -0.05) is 13.3 Å². The van der Waals surface area contributed by atoms with Crippen molar-refractivity contribution in [3.8, 4) is 11.5 Å². The first-order valence-corrected chi connectivity index (χ1v) is 7.15. The molecule has 1 N–H and O–H groups in total. The van der Waals surface area contributed by atoms with Gasteiger partial charge in [-0.15, -0.1) is 0 Å². The highest BCUT2D eigenvalue weighted by molar-refractivity contribution is 5.50. The summed E-state index contributed by atoms with van der Waals surface area (Å²) in [6.07, 6.45) is 4.47. The van der Waals surface area contributed by atoms with E-state index in [1.54, 1.807) is 14.2 Å². The van der Waals surface area contributed by atoms with Crippen molar-refractivity contribution in [1.82, 2.24) is 5.32 Å². The molecule has 1 heterocycles. The van der Waals surface area contributed by atoms with E-state index in [9.17, 15) is 0 Å². The van der Waals surface area contributed by atoms with Gasteiger partial charge in [-0.2, -0.15) is 0 Å². The van der Waals surface area contributed by atoms with Crippen molar-refractivity contribution in [3.63, 3.8) is 0 Å². The lowest BCUT2D eigenvalue weighted by atomic mass is 9.88. The molecule has 19 heavy (non-hydrogen) atoms. The van der Waals surface area contributed by atoms with E-state index in [0.717, 1.165) is 37.3 Å². The van der Waals surface area contributed by atoms with Gasteiger partial charge in [0.1, 0.15) is 11.5 Å². The summed E-state index contributed by atoms with van der Waals surface area (Å²) in [4.78, 5) is 0. The summed E-state index contributed by atoms with van der Waals surface area (Å²) >= 11 is 0. The van der Waals surface area contributed by atoms with Crippen LogP contribution < -0.4 is 14.8 Å². The number of methoxy groups -OCH3 is 2. The molecule has 2 rings (SSSR count). The number of hydrogen-bond donors (Lipinski definition) is 1. The van der Waals surface area contributed by atoms with Gasteiger partial charge in [0.2, 0.25) is 0 Å². The van der Waals surface area contributed by atoms with Gasteiger partial charge < -0.3 is 14.8 Å². The van der Waals surface area contributed by atoms with Crippen molar-refractivity contribution in [2.75, 3.05) is 20.8 Å². The predicted octanol–water partition coefficient (Wildman–Crippen LogP) is 3.25. The fraction of sp³-hybridized carbons (Fsp3) is 0.625. The van der Waals surface area contributed by atoms with Gasteiger partial charge in [0.05, 0.1) is 14.2 Å². The third-order valence-electron chi connectivity index (χ3n) is 4.09. The first-order chi connectivity index (χ1) is 9.14. The molecule has 1 fully saturated rings. The molecule has 1 aliphatic heterocycles. The van der Waals surface area contributed by atoms with E-state index in [1.807, 2.05) is 0 Å². The van der Waals surface area contributed by atoms with Crippen LogP contribution in [0, 0.1) is 0 Å². The van der Waals surface area contributed by atoms with Crippen molar-refractivity contribution < 1.29 is 9.47 Å². The first kappa shape index (κ1) is 14.2. The lowest BCUT2D eigenvalue weighted by Crippen LogP contribution is -2.33. The SMILES string of the molecule is CCCc1cc(OC)c(C2(C)CCCN2)cc1OC. The fourth-order valence-corrected chi connectivity index (χ4v) is 2.98. The van der Waals surface area contributed by atoms with Gasteiger partial charge in [0, 0.05) is 11.1 Å². The molecule has 1 aliphatic rings. The van der Waals surface area contributed by atoms with Crippen LogP contribution in [0.15, 0.2) is 12.1 Å². The number of ether oxygens (including phenoxy) is 2. The Hall–Kier alpha value is -1.22. The van der Waals surface area contributed by atoms with Crippen molar-refractivity contribution in [2.45, 2.75) is 45.1 Å². The standard InChI is InChI=1S/C16H25NO2/c1-5-7-12-10-15(19-4)13(11-14(12)18-3)16(2)8-6-9-17-16/h10-11,17H,5-9H2,1-4H3. The summed E-state index contributed by atoms with van der Waals surface area (Å²) in [6, 6.07) is 4.30. The highest BCUT2D eigenvalue weighted by atomic mass is 16.5. The quantitative estimate of drug-likeness (QED) is 0.884. The second-order valence-electron chi connectivity index (χ2n) is 5.48. The number of benzene rings is 1. The van der Waals surface area contributed by atoms with Crippen molar-refractivity contribution in [1.29, 1.82) is 0 Å². The molecule has 0 aromatic heterocycles. The van der Waals surface area contributed by atoms with Crippen LogP contribution in [0.1, 0.15) is 44.2 Å². The summed E-state index contributed by atoms with van der Waals surface area (Å²) in [5.74, 6) is 1.95. The second kappa shape index (κ2) is 5.83. The minimum absolute atomic E-state index is 0.00334. The molecular weight excluding hydrogens is 238 g/mol. The predicted molar refractivity (Wildman–Crippen MR) is 78.1 cm³/mol. The average Bonchev–Trinajstić information content (AvgIpc) is 2.86. The third-order valence-corrected chi connectivity index (χ3v) is 4.09. The third kappa shape index (κ3) is 2.71. The molecular formula is C16H25NO2. The molecule has 0 amide bonds.